The van der Waals surface area contributed by atoms with Crippen molar-refractivity contribution in [2.24, 2.45) is 0 Å². The number of amides is 2. The fraction of sp³-hybridized carbons (Fsp3) is 0.0435. The van der Waals surface area contributed by atoms with Gasteiger partial charge in [-0.1, -0.05) is 48.5 Å². The summed E-state index contributed by atoms with van der Waals surface area (Å²) in [5.74, 6) is -0.236. The summed E-state index contributed by atoms with van der Waals surface area (Å²) in [6.07, 6.45) is 1.71. The van der Waals surface area contributed by atoms with Crippen molar-refractivity contribution < 1.29 is 14.0 Å². The molecule has 138 valence electrons. The van der Waals surface area contributed by atoms with Crippen LogP contribution in [0.3, 0.4) is 0 Å². The lowest BCUT2D eigenvalue weighted by atomic mass is 10.0. The number of carbonyl (C=O) groups excluding carboxylic acids is 2. The van der Waals surface area contributed by atoms with Gasteiger partial charge < -0.3 is 15.1 Å². The van der Waals surface area contributed by atoms with E-state index in [1.807, 2.05) is 42.5 Å². The highest BCUT2D eigenvalue weighted by molar-refractivity contribution is 6.03. The molecule has 0 aliphatic heterocycles. The summed E-state index contributed by atoms with van der Waals surface area (Å²) in [4.78, 5) is 24.6. The predicted octanol–water partition coefficient (Wildman–Crippen LogP) is 4.87. The quantitative estimate of drug-likeness (QED) is 0.527. The van der Waals surface area contributed by atoms with E-state index in [2.05, 4.69) is 10.6 Å². The molecule has 2 N–H and O–H groups in total. The molecule has 3 aromatic carbocycles. The third kappa shape index (κ3) is 3.94. The molecule has 0 radical (unpaired) electrons. The minimum atomic E-state index is -0.343. The standard InChI is InChI=1S/C23H18N2O3/c26-22(14-17-8-3-7-16-6-1-2-11-20(16)17)24-18-9-4-10-19(15-18)25-23(27)21-12-5-13-28-21/h1-13,15H,14H2,(H,24,26)(H,25,27). The van der Waals surface area contributed by atoms with Gasteiger partial charge in [0, 0.05) is 11.4 Å². The van der Waals surface area contributed by atoms with E-state index in [0.717, 1.165) is 16.3 Å². The molecule has 28 heavy (non-hydrogen) atoms. The molecule has 0 bridgehead atoms. The summed E-state index contributed by atoms with van der Waals surface area (Å²) in [6, 6.07) is 24.2. The van der Waals surface area contributed by atoms with Gasteiger partial charge in [-0.05, 0) is 46.7 Å². The normalized spacial score (nSPS) is 10.6. The van der Waals surface area contributed by atoms with Crippen LogP contribution < -0.4 is 10.6 Å². The lowest BCUT2D eigenvalue weighted by Crippen LogP contribution is -2.15. The van der Waals surface area contributed by atoms with Crippen molar-refractivity contribution in [1.29, 1.82) is 0 Å². The highest BCUT2D eigenvalue weighted by Gasteiger charge is 2.10. The zero-order valence-corrected chi connectivity index (χ0v) is 15.0. The molecule has 4 aromatic rings. The van der Waals surface area contributed by atoms with Crippen LogP contribution in [0, 0.1) is 0 Å². The van der Waals surface area contributed by atoms with Crippen molar-refractivity contribution in [3.05, 3.63) is 96.4 Å². The van der Waals surface area contributed by atoms with Crippen LogP contribution >= 0.6 is 0 Å². The lowest BCUT2D eigenvalue weighted by Gasteiger charge is -2.10. The minimum absolute atomic E-state index is 0.120. The molecule has 5 nitrogen and oxygen atoms in total. The third-order valence-electron chi connectivity index (χ3n) is 4.38. The van der Waals surface area contributed by atoms with Crippen molar-refractivity contribution in [3.63, 3.8) is 0 Å². The number of carbonyl (C=O) groups is 2. The molecule has 4 rings (SSSR count). The van der Waals surface area contributed by atoms with Crippen molar-refractivity contribution >= 4 is 34.0 Å². The fourth-order valence-corrected chi connectivity index (χ4v) is 3.10. The molecule has 0 atom stereocenters. The van der Waals surface area contributed by atoms with Gasteiger partial charge in [-0.2, -0.15) is 0 Å². The number of fused-ring (bicyclic) bond motifs is 1. The second-order valence-electron chi connectivity index (χ2n) is 6.38. The molecule has 1 heterocycles. The largest absolute Gasteiger partial charge is 0.459 e. The molecular formula is C23H18N2O3. The van der Waals surface area contributed by atoms with Gasteiger partial charge in [0.25, 0.3) is 5.91 Å². The average Bonchev–Trinajstić information content (AvgIpc) is 3.23. The average molecular weight is 370 g/mol. The topological polar surface area (TPSA) is 71.3 Å². The van der Waals surface area contributed by atoms with Crippen LogP contribution in [0.25, 0.3) is 10.8 Å². The van der Waals surface area contributed by atoms with Gasteiger partial charge >= 0.3 is 0 Å². The summed E-state index contributed by atoms with van der Waals surface area (Å²) < 4.78 is 5.08. The summed E-state index contributed by atoms with van der Waals surface area (Å²) >= 11 is 0. The second-order valence-corrected chi connectivity index (χ2v) is 6.38. The molecule has 0 aliphatic rings. The van der Waals surface area contributed by atoms with E-state index in [1.54, 1.807) is 36.4 Å². The Morgan fingerprint density at radius 2 is 1.54 bits per heavy atom. The molecule has 0 saturated carbocycles. The van der Waals surface area contributed by atoms with E-state index in [4.69, 9.17) is 4.42 Å². The Bertz CT molecular complexity index is 1130. The first kappa shape index (κ1) is 17.5. The second kappa shape index (κ2) is 7.80. The van der Waals surface area contributed by atoms with Gasteiger partial charge in [-0.25, -0.2) is 0 Å². The Labute approximate surface area is 162 Å². The maximum atomic E-state index is 12.5. The Morgan fingerprint density at radius 3 is 2.36 bits per heavy atom. The summed E-state index contributed by atoms with van der Waals surface area (Å²) in [6.45, 7) is 0. The van der Waals surface area contributed by atoms with Crippen LogP contribution in [0.4, 0.5) is 11.4 Å². The molecule has 0 saturated heterocycles. The molecule has 2 amide bonds. The van der Waals surface area contributed by atoms with E-state index >= 15 is 0 Å². The van der Waals surface area contributed by atoms with Crippen molar-refractivity contribution in [2.45, 2.75) is 6.42 Å². The van der Waals surface area contributed by atoms with Gasteiger partial charge in [0.1, 0.15) is 0 Å². The van der Waals surface area contributed by atoms with Crippen molar-refractivity contribution in [2.75, 3.05) is 10.6 Å². The molecule has 0 aliphatic carbocycles. The van der Waals surface area contributed by atoms with Gasteiger partial charge in [0.15, 0.2) is 5.76 Å². The number of anilines is 2. The lowest BCUT2D eigenvalue weighted by molar-refractivity contribution is -0.115. The van der Waals surface area contributed by atoms with Crippen LogP contribution in [-0.2, 0) is 11.2 Å². The predicted molar refractivity (Wildman–Crippen MR) is 109 cm³/mol. The number of rotatable bonds is 5. The van der Waals surface area contributed by atoms with Crippen LogP contribution in [0.2, 0.25) is 0 Å². The smallest absolute Gasteiger partial charge is 0.291 e. The van der Waals surface area contributed by atoms with E-state index in [1.165, 1.54) is 6.26 Å². The van der Waals surface area contributed by atoms with E-state index < -0.39 is 0 Å². The van der Waals surface area contributed by atoms with E-state index in [0.29, 0.717) is 11.4 Å². The number of hydrogen-bond donors (Lipinski definition) is 2. The Morgan fingerprint density at radius 1 is 0.786 bits per heavy atom. The maximum absolute atomic E-state index is 12.5. The van der Waals surface area contributed by atoms with Gasteiger partial charge in [0.05, 0.1) is 12.7 Å². The van der Waals surface area contributed by atoms with Crippen LogP contribution in [0.15, 0.2) is 89.5 Å². The van der Waals surface area contributed by atoms with Crippen molar-refractivity contribution in [3.8, 4) is 0 Å². The maximum Gasteiger partial charge on any atom is 0.291 e. The Kier molecular flexibility index (Phi) is 4.89. The van der Waals surface area contributed by atoms with Gasteiger partial charge in [0.2, 0.25) is 5.91 Å². The van der Waals surface area contributed by atoms with Gasteiger partial charge in [-0.15, -0.1) is 0 Å². The zero-order valence-electron chi connectivity index (χ0n) is 15.0. The van der Waals surface area contributed by atoms with Crippen molar-refractivity contribution in [1.82, 2.24) is 0 Å². The highest BCUT2D eigenvalue weighted by atomic mass is 16.3. The highest BCUT2D eigenvalue weighted by Crippen LogP contribution is 2.20. The van der Waals surface area contributed by atoms with Crippen LogP contribution in [0.5, 0.6) is 0 Å². The minimum Gasteiger partial charge on any atom is -0.459 e. The molecular weight excluding hydrogens is 352 g/mol. The molecule has 5 heteroatoms. The van der Waals surface area contributed by atoms with Crippen LogP contribution in [-0.4, -0.2) is 11.8 Å². The Hall–Kier alpha value is -3.86. The first-order valence-electron chi connectivity index (χ1n) is 8.90. The number of furan rings is 1. The molecule has 0 unspecified atom stereocenters. The molecule has 0 spiro atoms. The summed E-state index contributed by atoms with van der Waals surface area (Å²) in [5.41, 5.74) is 2.16. The summed E-state index contributed by atoms with van der Waals surface area (Å²) in [7, 11) is 0. The Balaban J connectivity index is 1.45. The molecule has 0 fully saturated rings. The molecule has 1 aromatic heterocycles. The monoisotopic (exact) mass is 370 g/mol. The first-order chi connectivity index (χ1) is 13.7. The van der Waals surface area contributed by atoms with Crippen LogP contribution in [0.1, 0.15) is 16.1 Å². The fourth-order valence-electron chi connectivity index (χ4n) is 3.10. The number of hydrogen-bond acceptors (Lipinski definition) is 3. The first-order valence-corrected chi connectivity index (χ1v) is 8.90. The zero-order chi connectivity index (χ0) is 19.3. The van der Waals surface area contributed by atoms with Gasteiger partial charge in [-0.3, -0.25) is 9.59 Å². The number of nitrogens with one attached hydrogen (secondary N) is 2. The SMILES string of the molecule is O=C(Cc1cccc2ccccc12)Nc1cccc(NC(=O)c2ccco2)c1. The third-order valence-corrected chi connectivity index (χ3v) is 4.38. The number of benzene rings is 3. The van der Waals surface area contributed by atoms with E-state index in [9.17, 15) is 9.59 Å². The van der Waals surface area contributed by atoms with E-state index in [-0.39, 0.29) is 24.0 Å². The summed E-state index contributed by atoms with van der Waals surface area (Å²) in [5, 5.41) is 7.81.